The summed E-state index contributed by atoms with van der Waals surface area (Å²) >= 11 is 0. The van der Waals surface area contributed by atoms with E-state index in [1.54, 1.807) is 12.1 Å². The van der Waals surface area contributed by atoms with Crippen molar-refractivity contribution in [2.24, 2.45) is 0 Å². The van der Waals surface area contributed by atoms with Gasteiger partial charge in [0, 0.05) is 37.8 Å². The van der Waals surface area contributed by atoms with Crippen molar-refractivity contribution >= 4 is 15.9 Å². The van der Waals surface area contributed by atoms with Gasteiger partial charge in [0.1, 0.15) is 17.4 Å². The molecule has 6 nitrogen and oxygen atoms in total. The van der Waals surface area contributed by atoms with Crippen molar-refractivity contribution in [2.75, 3.05) is 32.8 Å². The fourth-order valence-corrected chi connectivity index (χ4v) is 4.44. The molecule has 1 aliphatic rings. The molecule has 1 saturated heterocycles. The lowest BCUT2D eigenvalue weighted by Crippen LogP contribution is -2.50. The van der Waals surface area contributed by atoms with E-state index in [2.05, 4.69) is 0 Å². The van der Waals surface area contributed by atoms with Gasteiger partial charge in [-0.15, -0.1) is 0 Å². The molecule has 3 rings (SSSR count). The smallest absolute Gasteiger partial charge is 0.254 e. The Bertz CT molecular complexity index is 936. The topological polar surface area (TPSA) is 66.9 Å². The zero-order chi connectivity index (χ0) is 20.3. The summed E-state index contributed by atoms with van der Waals surface area (Å²) in [5.41, 5.74) is -0.0969. The number of ether oxygens (including phenoxy) is 1. The van der Waals surface area contributed by atoms with Gasteiger partial charge in [0.2, 0.25) is 10.0 Å². The van der Waals surface area contributed by atoms with Crippen LogP contribution in [0.25, 0.3) is 0 Å². The Hall–Kier alpha value is -2.52. The molecule has 2 aromatic carbocycles. The molecule has 0 spiro atoms. The molecule has 0 N–H and O–H groups in total. The highest BCUT2D eigenvalue weighted by Gasteiger charge is 2.30. The summed E-state index contributed by atoms with van der Waals surface area (Å²) in [6.45, 7) is 2.78. The number of carbonyl (C=O) groups is 1. The molecule has 0 unspecified atom stereocenters. The molecular formula is C19H20F2N2O4S. The lowest BCUT2D eigenvalue weighted by atomic mass is 10.1. The van der Waals surface area contributed by atoms with Gasteiger partial charge >= 0.3 is 0 Å². The van der Waals surface area contributed by atoms with Gasteiger partial charge in [-0.3, -0.25) is 4.79 Å². The zero-order valence-electron chi connectivity index (χ0n) is 15.3. The van der Waals surface area contributed by atoms with Gasteiger partial charge in [0.15, 0.2) is 0 Å². The van der Waals surface area contributed by atoms with Gasteiger partial charge in [0.25, 0.3) is 5.91 Å². The van der Waals surface area contributed by atoms with Gasteiger partial charge in [-0.1, -0.05) is 0 Å². The predicted molar refractivity (Wildman–Crippen MR) is 98.6 cm³/mol. The van der Waals surface area contributed by atoms with E-state index in [-0.39, 0.29) is 36.6 Å². The summed E-state index contributed by atoms with van der Waals surface area (Å²) in [6.07, 6.45) is 0. The molecule has 28 heavy (non-hydrogen) atoms. The predicted octanol–water partition coefficient (Wildman–Crippen LogP) is 2.51. The lowest BCUT2D eigenvalue weighted by Gasteiger charge is -2.34. The second-order valence-electron chi connectivity index (χ2n) is 6.26. The van der Waals surface area contributed by atoms with Crippen molar-refractivity contribution in [1.82, 2.24) is 9.21 Å². The Morgan fingerprint density at radius 1 is 1.00 bits per heavy atom. The van der Waals surface area contributed by atoms with Crippen LogP contribution in [0, 0.1) is 11.6 Å². The highest BCUT2D eigenvalue weighted by Crippen LogP contribution is 2.21. The van der Waals surface area contributed by atoms with Crippen LogP contribution in [0.4, 0.5) is 8.78 Å². The van der Waals surface area contributed by atoms with E-state index in [9.17, 15) is 22.0 Å². The molecule has 0 aromatic heterocycles. The minimum atomic E-state index is -3.70. The fraction of sp³-hybridized carbons (Fsp3) is 0.316. The van der Waals surface area contributed by atoms with Gasteiger partial charge in [-0.25, -0.2) is 17.2 Å². The summed E-state index contributed by atoms with van der Waals surface area (Å²) in [4.78, 5) is 14.0. The van der Waals surface area contributed by atoms with Crippen LogP contribution in [0.2, 0.25) is 0 Å². The molecule has 0 bridgehead atoms. The minimum Gasteiger partial charge on any atom is -0.494 e. The highest BCUT2D eigenvalue weighted by molar-refractivity contribution is 7.89. The standard InChI is InChI=1S/C19H20F2N2O4S/c1-2-27-17-3-5-18(6-4-17)28(25,26)23-9-7-22(8-10-23)19(24)14-11-15(20)13-16(21)12-14/h3-6,11-13H,2,7-10H2,1H3. The first kappa shape index (κ1) is 20.2. The molecule has 1 fully saturated rings. The van der Waals surface area contributed by atoms with Crippen LogP contribution in [0.5, 0.6) is 5.75 Å². The maximum absolute atomic E-state index is 13.3. The first-order chi connectivity index (χ1) is 13.3. The maximum atomic E-state index is 13.3. The van der Waals surface area contributed by atoms with Crippen LogP contribution >= 0.6 is 0 Å². The van der Waals surface area contributed by atoms with Crippen LogP contribution < -0.4 is 4.74 Å². The van der Waals surface area contributed by atoms with Gasteiger partial charge in [-0.2, -0.15) is 4.31 Å². The van der Waals surface area contributed by atoms with Crippen LogP contribution in [-0.4, -0.2) is 56.3 Å². The Balaban J connectivity index is 1.67. The lowest BCUT2D eigenvalue weighted by molar-refractivity contribution is 0.0697. The summed E-state index contributed by atoms with van der Waals surface area (Å²) in [5.74, 6) is -1.61. The molecule has 150 valence electrons. The maximum Gasteiger partial charge on any atom is 0.254 e. The Morgan fingerprint density at radius 3 is 2.11 bits per heavy atom. The number of benzene rings is 2. The molecule has 0 saturated carbocycles. The van der Waals surface area contributed by atoms with Crippen LogP contribution in [0.3, 0.4) is 0 Å². The number of nitrogens with zero attached hydrogens (tertiary/aromatic N) is 2. The number of rotatable bonds is 5. The van der Waals surface area contributed by atoms with Gasteiger partial charge in [0.05, 0.1) is 11.5 Å². The Labute approximate surface area is 162 Å². The van der Waals surface area contributed by atoms with E-state index in [1.165, 1.54) is 21.3 Å². The number of halogens is 2. The van der Waals surface area contributed by atoms with E-state index in [0.717, 1.165) is 12.1 Å². The number of carbonyl (C=O) groups excluding carboxylic acids is 1. The van der Waals surface area contributed by atoms with Gasteiger partial charge in [-0.05, 0) is 43.3 Å². The van der Waals surface area contributed by atoms with E-state index < -0.39 is 27.6 Å². The van der Waals surface area contributed by atoms with Gasteiger partial charge < -0.3 is 9.64 Å². The number of amides is 1. The monoisotopic (exact) mass is 410 g/mol. The van der Waals surface area contributed by atoms with Crippen molar-refractivity contribution in [3.63, 3.8) is 0 Å². The molecule has 0 radical (unpaired) electrons. The Kier molecular flexibility index (Phi) is 5.95. The summed E-state index contributed by atoms with van der Waals surface area (Å²) in [7, 11) is -3.70. The fourth-order valence-electron chi connectivity index (χ4n) is 3.02. The first-order valence-electron chi connectivity index (χ1n) is 8.79. The number of hydrogen-bond donors (Lipinski definition) is 0. The average Bonchev–Trinajstić information content (AvgIpc) is 2.67. The Morgan fingerprint density at radius 2 is 1.57 bits per heavy atom. The van der Waals surface area contributed by atoms with Crippen molar-refractivity contribution in [3.05, 3.63) is 59.7 Å². The summed E-state index contributed by atoms with van der Waals surface area (Å²) < 4.78 is 58.8. The quantitative estimate of drug-likeness (QED) is 0.760. The number of sulfonamides is 1. The van der Waals surface area contributed by atoms with Crippen LogP contribution in [0.15, 0.2) is 47.4 Å². The third-order valence-corrected chi connectivity index (χ3v) is 6.32. The van der Waals surface area contributed by atoms with E-state index >= 15 is 0 Å². The van der Waals surface area contributed by atoms with E-state index in [0.29, 0.717) is 18.4 Å². The largest absolute Gasteiger partial charge is 0.494 e. The molecule has 0 aliphatic carbocycles. The third kappa shape index (κ3) is 4.31. The van der Waals surface area contributed by atoms with Crippen molar-refractivity contribution in [3.8, 4) is 5.75 Å². The second kappa shape index (κ2) is 8.24. The van der Waals surface area contributed by atoms with Crippen LogP contribution in [0.1, 0.15) is 17.3 Å². The molecule has 1 heterocycles. The molecule has 9 heteroatoms. The number of piperazine rings is 1. The molecule has 0 atom stereocenters. The normalized spacial score (nSPS) is 15.5. The zero-order valence-corrected chi connectivity index (χ0v) is 16.1. The SMILES string of the molecule is CCOc1ccc(S(=O)(=O)N2CCN(C(=O)c3cc(F)cc(F)c3)CC2)cc1. The molecule has 2 aromatic rings. The molecular weight excluding hydrogens is 390 g/mol. The second-order valence-corrected chi connectivity index (χ2v) is 8.20. The number of hydrogen-bond acceptors (Lipinski definition) is 4. The molecule has 1 amide bonds. The summed E-state index contributed by atoms with van der Waals surface area (Å²) in [5, 5.41) is 0. The average molecular weight is 410 g/mol. The van der Waals surface area contributed by atoms with E-state index in [1.807, 2.05) is 6.92 Å². The van der Waals surface area contributed by atoms with Crippen molar-refractivity contribution < 1.29 is 26.7 Å². The molecule has 1 aliphatic heterocycles. The minimum absolute atomic E-state index is 0.0963. The third-order valence-electron chi connectivity index (χ3n) is 4.41. The first-order valence-corrected chi connectivity index (χ1v) is 10.2. The van der Waals surface area contributed by atoms with Crippen LogP contribution in [-0.2, 0) is 10.0 Å². The van der Waals surface area contributed by atoms with Crippen molar-refractivity contribution in [2.45, 2.75) is 11.8 Å². The van der Waals surface area contributed by atoms with Crippen molar-refractivity contribution in [1.29, 1.82) is 0 Å². The highest BCUT2D eigenvalue weighted by atomic mass is 32.2. The van der Waals surface area contributed by atoms with E-state index in [4.69, 9.17) is 4.74 Å². The summed E-state index contributed by atoms with van der Waals surface area (Å²) in [6, 6.07) is 8.77.